The Morgan fingerprint density at radius 2 is 2.04 bits per heavy atom. The van der Waals surface area contributed by atoms with Crippen LogP contribution in [0.15, 0.2) is 29.3 Å². The van der Waals surface area contributed by atoms with Gasteiger partial charge in [-0.15, -0.1) is 24.0 Å². The highest BCUT2D eigenvalue weighted by Crippen LogP contribution is 2.30. The summed E-state index contributed by atoms with van der Waals surface area (Å²) in [5.74, 6) is 3.31. The van der Waals surface area contributed by atoms with Crippen molar-refractivity contribution >= 4 is 29.9 Å². The topological polar surface area (TPSA) is 58.1 Å². The van der Waals surface area contributed by atoms with Gasteiger partial charge in [-0.25, -0.2) is 0 Å². The molecule has 7 heteroatoms. The van der Waals surface area contributed by atoms with Crippen molar-refractivity contribution in [3.63, 3.8) is 0 Å². The van der Waals surface area contributed by atoms with Crippen LogP contribution in [0.5, 0.6) is 11.5 Å². The van der Waals surface area contributed by atoms with Gasteiger partial charge in [0.2, 0.25) is 0 Å². The van der Waals surface area contributed by atoms with Gasteiger partial charge in [0.25, 0.3) is 0 Å². The third-order valence-electron chi connectivity index (χ3n) is 5.22. The van der Waals surface area contributed by atoms with Crippen LogP contribution >= 0.6 is 24.0 Å². The molecule has 2 unspecified atom stereocenters. The lowest BCUT2D eigenvalue weighted by molar-refractivity contribution is 0.0936. The van der Waals surface area contributed by atoms with Gasteiger partial charge in [0.05, 0.1) is 6.54 Å². The third-order valence-corrected chi connectivity index (χ3v) is 5.22. The molecule has 0 saturated carbocycles. The van der Waals surface area contributed by atoms with Crippen molar-refractivity contribution in [1.29, 1.82) is 0 Å². The molecule has 28 heavy (non-hydrogen) atoms. The number of fused-ring (bicyclic) bond motifs is 1. The number of benzene rings is 1. The Bertz CT molecular complexity index is 614. The smallest absolute Gasteiger partial charge is 0.191 e. The van der Waals surface area contributed by atoms with Crippen molar-refractivity contribution in [3.05, 3.63) is 24.3 Å². The van der Waals surface area contributed by atoms with Gasteiger partial charge in [-0.1, -0.05) is 19.1 Å². The van der Waals surface area contributed by atoms with Crippen LogP contribution in [0.3, 0.4) is 0 Å². The number of piperidine rings is 1. The van der Waals surface area contributed by atoms with Crippen LogP contribution in [0.4, 0.5) is 0 Å². The van der Waals surface area contributed by atoms with E-state index in [0.717, 1.165) is 36.3 Å². The number of likely N-dealkylation sites (tertiary alicyclic amines) is 1. The highest BCUT2D eigenvalue weighted by atomic mass is 127. The highest BCUT2D eigenvalue weighted by molar-refractivity contribution is 14.0. The first-order chi connectivity index (χ1) is 13.2. The van der Waals surface area contributed by atoms with Gasteiger partial charge >= 0.3 is 0 Å². The summed E-state index contributed by atoms with van der Waals surface area (Å²) in [6.45, 7) is 8.27. The van der Waals surface area contributed by atoms with Gasteiger partial charge < -0.3 is 25.0 Å². The van der Waals surface area contributed by atoms with E-state index in [1.165, 1.54) is 38.9 Å². The van der Waals surface area contributed by atoms with E-state index in [1.807, 2.05) is 24.3 Å². The van der Waals surface area contributed by atoms with E-state index in [4.69, 9.17) is 9.47 Å². The minimum Gasteiger partial charge on any atom is -0.486 e. The number of para-hydroxylation sites is 2. The number of ether oxygens (including phenoxy) is 2. The molecular formula is C21H35IN4O2. The molecule has 1 saturated heterocycles. The van der Waals surface area contributed by atoms with Crippen LogP contribution in [0, 0.1) is 5.92 Å². The average Bonchev–Trinajstić information content (AvgIpc) is 2.70. The Morgan fingerprint density at radius 1 is 1.21 bits per heavy atom. The number of nitrogens with zero attached hydrogens (tertiary/aromatic N) is 2. The summed E-state index contributed by atoms with van der Waals surface area (Å²) in [7, 11) is 1.80. The van der Waals surface area contributed by atoms with Crippen molar-refractivity contribution in [2.75, 3.05) is 46.4 Å². The minimum atomic E-state index is -0.0143. The molecule has 1 aromatic carbocycles. The van der Waals surface area contributed by atoms with E-state index in [-0.39, 0.29) is 30.1 Å². The standard InChI is InChI=1S/C21H34N4O2.HI/c1-17-8-7-13-25(15-17)12-6-5-11-23-21(22-2)24-14-18-16-26-19-9-3-4-10-20(19)27-18;/h3-4,9-10,17-18H,5-8,11-16H2,1-2H3,(H2,22,23,24);1H. The monoisotopic (exact) mass is 502 g/mol. The molecule has 0 radical (unpaired) electrons. The third kappa shape index (κ3) is 7.31. The lowest BCUT2D eigenvalue weighted by atomic mass is 10.0. The number of guanidine groups is 1. The van der Waals surface area contributed by atoms with Crippen LogP contribution in [0.1, 0.15) is 32.6 Å². The second-order valence-corrected chi connectivity index (χ2v) is 7.63. The summed E-state index contributed by atoms with van der Waals surface area (Å²) in [5, 5.41) is 6.74. The Balaban J connectivity index is 0.00000280. The van der Waals surface area contributed by atoms with Crippen molar-refractivity contribution in [3.8, 4) is 11.5 Å². The van der Waals surface area contributed by atoms with Gasteiger partial charge in [-0.05, 0) is 56.8 Å². The lowest BCUT2D eigenvalue weighted by Crippen LogP contribution is -2.45. The molecule has 0 spiro atoms. The summed E-state index contributed by atoms with van der Waals surface area (Å²) < 4.78 is 11.7. The van der Waals surface area contributed by atoms with Crippen molar-refractivity contribution in [2.24, 2.45) is 10.9 Å². The highest BCUT2D eigenvalue weighted by Gasteiger charge is 2.20. The fourth-order valence-electron chi connectivity index (χ4n) is 3.75. The first-order valence-corrected chi connectivity index (χ1v) is 10.3. The van der Waals surface area contributed by atoms with Crippen molar-refractivity contribution < 1.29 is 9.47 Å². The minimum absolute atomic E-state index is 0. The molecular weight excluding hydrogens is 467 g/mol. The van der Waals surface area contributed by atoms with E-state index in [2.05, 4.69) is 27.4 Å². The second kappa shape index (κ2) is 12.4. The normalized spacial score (nSPS) is 22.3. The Labute approximate surface area is 186 Å². The Morgan fingerprint density at radius 3 is 2.82 bits per heavy atom. The zero-order valence-electron chi connectivity index (χ0n) is 17.2. The first-order valence-electron chi connectivity index (χ1n) is 10.3. The van der Waals surface area contributed by atoms with Gasteiger partial charge in [-0.2, -0.15) is 0 Å². The molecule has 2 aliphatic heterocycles. The summed E-state index contributed by atoms with van der Waals surface area (Å²) in [4.78, 5) is 6.91. The molecule has 0 amide bonds. The van der Waals surface area contributed by atoms with Gasteiger partial charge in [-0.3, -0.25) is 4.99 Å². The van der Waals surface area contributed by atoms with Crippen molar-refractivity contribution in [2.45, 2.75) is 38.7 Å². The fourth-order valence-corrected chi connectivity index (χ4v) is 3.75. The van der Waals surface area contributed by atoms with E-state index < -0.39 is 0 Å². The Hall–Kier alpha value is -1.22. The largest absolute Gasteiger partial charge is 0.486 e. The first kappa shape index (κ1) is 23.1. The second-order valence-electron chi connectivity index (χ2n) is 7.63. The molecule has 0 bridgehead atoms. The van der Waals surface area contributed by atoms with Gasteiger partial charge in [0.1, 0.15) is 12.7 Å². The van der Waals surface area contributed by atoms with E-state index in [0.29, 0.717) is 13.2 Å². The molecule has 2 N–H and O–H groups in total. The number of hydrogen-bond donors (Lipinski definition) is 2. The maximum absolute atomic E-state index is 5.97. The summed E-state index contributed by atoms with van der Waals surface area (Å²) in [6, 6.07) is 7.79. The number of rotatable bonds is 7. The number of aliphatic imine (C=N–C) groups is 1. The molecule has 158 valence electrons. The van der Waals surface area contributed by atoms with E-state index >= 15 is 0 Å². The maximum Gasteiger partial charge on any atom is 0.191 e. The summed E-state index contributed by atoms with van der Waals surface area (Å²) in [5.41, 5.74) is 0. The van der Waals surface area contributed by atoms with Crippen LogP contribution in [-0.4, -0.2) is 63.3 Å². The molecule has 1 aromatic rings. The number of hydrogen-bond acceptors (Lipinski definition) is 4. The predicted octanol–water partition coefficient (Wildman–Crippen LogP) is 3.12. The van der Waals surface area contributed by atoms with E-state index in [9.17, 15) is 0 Å². The fraction of sp³-hybridized carbons (Fsp3) is 0.667. The predicted molar refractivity (Wildman–Crippen MR) is 125 cm³/mol. The zero-order valence-corrected chi connectivity index (χ0v) is 19.5. The molecule has 1 fully saturated rings. The van der Waals surface area contributed by atoms with Crippen LogP contribution in [-0.2, 0) is 0 Å². The summed E-state index contributed by atoms with van der Waals surface area (Å²) >= 11 is 0. The molecule has 2 atom stereocenters. The molecule has 6 nitrogen and oxygen atoms in total. The van der Waals surface area contributed by atoms with Gasteiger partial charge in [0.15, 0.2) is 17.5 Å². The van der Waals surface area contributed by atoms with Gasteiger partial charge in [0, 0.05) is 20.1 Å². The molecule has 2 aliphatic rings. The lowest BCUT2D eigenvalue weighted by Gasteiger charge is -2.30. The summed E-state index contributed by atoms with van der Waals surface area (Å²) in [6.07, 6.45) is 5.11. The quantitative estimate of drug-likeness (QED) is 0.260. The Kier molecular flexibility index (Phi) is 10.2. The SMILES string of the molecule is CN=C(NCCCCN1CCCC(C)C1)NCC1COc2ccccc2O1.I. The average molecular weight is 502 g/mol. The zero-order chi connectivity index (χ0) is 18.9. The van der Waals surface area contributed by atoms with E-state index in [1.54, 1.807) is 7.05 Å². The number of nitrogens with one attached hydrogen (secondary N) is 2. The van der Waals surface area contributed by atoms with Crippen LogP contribution < -0.4 is 20.1 Å². The molecule has 3 rings (SSSR count). The molecule has 0 aliphatic carbocycles. The van der Waals surface area contributed by atoms with Crippen molar-refractivity contribution in [1.82, 2.24) is 15.5 Å². The maximum atomic E-state index is 5.97. The number of halogens is 1. The molecule has 2 heterocycles. The van der Waals surface area contributed by atoms with Crippen LogP contribution in [0.25, 0.3) is 0 Å². The van der Waals surface area contributed by atoms with Crippen LogP contribution in [0.2, 0.25) is 0 Å². The number of unbranched alkanes of at least 4 members (excludes halogenated alkanes) is 1. The molecule has 0 aromatic heterocycles.